The molecule has 2 atom stereocenters. The summed E-state index contributed by atoms with van der Waals surface area (Å²) in [6, 6.07) is 29.8. The minimum Gasteiger partial charge on any atom is -0.445 e. The monoisotopic (exact) mass is 492 g/mol. The molecule has 3 aromatic rings. The van der Waals surface area contributed by atoms with Gasteiger partial charge >= 0.3 is 6.09 Å². The highest BCUT2D eigenvalue weighted by Gasteiger charge is 2.10. The van der Waals surface area contributed by atoms with Gasteiger partial charge in [-0.3, -0.25) is 0 Å². The van der Waals surface area contributed by atoms with Gasteiger partial charge in [0.2, 0.25) is 0 Å². The van der Waals surface area contributed by atoms with Crippen molar-refractivity contribution < 1.29 is 9.53 Å². The number of rotatable bonds is 11. The molecule has 0 heterocycles. The zero-order valence-corrected chi connectivity index (χ0v) is 20.8. The largest absolute Gasteiger partial charge is 0.445 e. The molecule has 0 saturated carbocycles. The summed E-state index contributed by atoms with van der Waals surface area (Å²) in [6.07, 6.45) is 3.07. The maximum absolute atomic E-state index is 11.8. The van der Waals surface area contributed by atoms with Crippen molar-refractivity contribution in [1.29, 1.82) is 0 Å². The van der Waals surface area contributed by atoms with Crippen LogP contribution in [-0.4, -0.2) is 29.7 Å². The second-order valence-electron chi connectivity index (χ2n) is 7.20. The third kappa shape index (κ3) is 11.8. The molecule has 0 aliphatic carbocycles. The first-order chi connectivity index (χ1) is 16.6. The number of carbonyl (C=O) groups excluding carboxylic acids is 1. The third-order valence-corrected chi connectivity index (χ3v) is 6.75. The number of nitrogens with two attached hydrogens (primary N) is 1. The van der Waals surface area contributed by atoms with Gasteiger partial charge in [0.1, 0.15) is 6.61 Å². The average molecular weight is 493 g/mol. The van der Waals surface area contributed by atoms with E-state index < -0.39 is 6.09 Å². The summed E-state index contributed by atoms with van der Waals surface area (Å²) in [7, 11) is 0. The van der Waals surface area contributed by atoms with Crippen molar-refractivity contribution >= 4 is 29.6 Å². The van der Waals surface area contributed by atoms with Crippen LogP contribution in [0.5, 0.6) is 0 Å². The van der Waals surface area contributed by atoms with Gasteiger partial charge in [-0.05, 0) is 29.8 Å². The first kappa shape index (κ1) is 27.3. The summed E-state index contributed by atoms with van der Waals surface area (Å²) < 4.78 is 5.21. The summed E-state index contributed by atoms with van der Waals surface area (Å²) in [6.45, 7) is 7.66. The predicted molar refractivity (Wildman–Crippen MR) is 146 cm³/mol. The van der Waals surface area contributed by atoms with Gasteiger partial charge in [-0.2, -0.15) is 0 Å². The molecule has 0 unspecified atom stereocenters. The molecule has 34 heavy (non-hydrogen) atoms. The van der Waals surface area contributed by atoms with E-state index in [1.54, 1.807) is 35.7 Å². The van der Waals surface area contributed by atoms with Gasteiger partial charge in [0.25, 0.3) is 0 Å². The standard InChI is InChI=1S/C18H19NO2S.C10H13NS/c1-2-16(14-22-17-11-7-4-8-12-17)19-18(20)21-13-15-9-5-3-6-10-15;1-2-9(11)8-12-10-6-4-3-5-7-10/h2-12,16H,1,13-14H2,(H,19,20);2-7,9H,1,8,11H2/t16-;9-/m11/s1. The first-order valence-corrected chi connectivity index (χ1v) is 12.9. The Morgan fingerprint density at radius 1 is 0.824 bits per heavy atom. The molecule has 0 saturated heterocycles. The molecule has 3 aromatic carbocycles. The number of ether oxygens (including phenoxy) is 1. The Bertz CT molecular complexity index is 969. The molecule has 0 radical (unpaired) electrons. The van der Waals surface area contributed by atoms with E-state index in [2.05, 4.69) is 30.6 Å². The lowest BCUT2D eigenvalue weighted by molar-refractivity contribution is 0.138. The molecule has 0 aromatic heterocycles. The van der Waals surface area contributed by atoms with Crippen LogP contribution in [0.25, 0.3) is 0 Å². The molecule has 0 fully saturated rings. The highest BCUT2D eigenvalue weighted by Crippen LogP contribution is 2.18. The molecule has 6 heteroatoms. The second-order valence-corrected chi connectivity index (χ2v) is 9.38. The topological polar surface area (TPSA) is 64.3 Å². The van der Waals surface area contributed by atoms with Crippen LogP contribution in [0, 0.1) is 0 Å². The van der Waals surface area contributed by atoms with Crippen LogP contribution < -0.4 is 11.1 Å². The van der Waals surface area contributed by atoms with Crippen molar-refractivity contribution in [2.45, 2.75) is 28.5 Å². The van der Waals surface area contributed by atoms with E-state index in [-0.39, 0.29) is 18.7 Å². The van der Waals surface area contributed by atoms with Crippen molar-refractivity contribution in [3.05, 3.63) is 122 Å². The van der Waals surface area contributed by atoms with Gasteiger partial charge in [0.05, 0.1) is 6.04 Å². The second kappa shape index (κ2) is 16.6. The molecule has 3 rings (SSSR count). The van der Waals surface area contributed by atoms with Gasteiger partial charge in [-0.1, -0.05) is 78.9 Å². The van der Waals surface area contributed by atoms with Crippen LogP contribution >= 0.6 is 23.5 Å². The number of thioether (sulfide) groups is 2. The van der Waals surface area contributed by atoms with Crippen LogP contribution in [-0.2, 0) is 11.3 Å². The van der Waals surface area contributed by atoms with Crippen molar-refractivity contribution in [2.75, 3.05) is 11.5 Å². The Labute approximate surface area is 211 Å². The highest BCUT2D eigenvalue weighted by atomic mass is 32.2. The number of alkyl carbamates (subject to hydrolysis) is 1. The lowest BCUT2D eigenvalue weighted by Crippen LogP contribution is -2.35. The molecule has 1 amide bonds. The Balaban J connectivity index is 0.000000287. The van der Waals surface area contributed by atoms with Gasteiger partial charge in [0, 0.05) is 27.3 Å². The quantitative estimate of drug-likeness (QED) is 0.235. The summed E-state index contributed by atoms with van der Waals surface area (Å²) >= 11 is 3.42. The fourth-order valence-electron chi connectivity index (χ4n) is 2.56. The van der Waals surface area contributed by atoms with Crippen molar-refractivity contribution in [1.82, 2.24) is 5.32 Å². The highest BCUT2D eigenvalue weighted by molar-refractivity contribution is 7.99. The molecule has 178 valence electrons. The van der Waals surface area contributed by atoms with Gasteiger partial charge in [-0.25, -0.2) is 4.79 Å². The maximum atomic E-state index is 11.8. The lowest BCUT2D eigenvalue weighted by Gasteiger charge is -2.14. The number of benzene rings is 3. The number of nitrogens with one attached hydrogen (secondary N) is 1. The molecular weight excluding hydrogens is 460 g/mol. The lowest BCUT2D eigenvalue weighted by atomic mass is 10.2. The van der Waals surface area contributed by atoms with Gasteiger partial charge < -0.3 is 15.8 Å². The fourth-order valence-corrected chi connectivity index (χ4v) is 4.38. The van der Waals surface area contributed by atoms with Crippen LogP contribution in [0.4, 0.5) is 4.79 Å². The van der Waals surface area contributed by atoms with Crippen molar-refractivity contribution in [3.8, 4) is 0 Å². The normalized spacial score (nSPS) is 11.8. The molecule has 0 aliphatic heterocycles. The minimum absolute atomic E-state index is 0.0928. The van der Waals surface area contributed by atoms with E-state index in [4.69, 9.17) is 10.5 Å². The predicted octanol–water partition coefficient (Wildman–Crippen LogP) is 6.55. The van der Waals surface area contributed by atoms with Crippen LogP contribution in [0.3, 0.4) is 0 Å². The van der Waals surface area contributed by atoms with E-state index in [9.17, 15) is 4.79 Å². The Morgan fingerprint density at radius 2 is 1.32 bits per heavy atom. The number of hydrogen-bond acceptors (Lipinski definition) is 5. The fraction of sp³-hybridized carbons (Fsp3) is 0.179. The smallest absolute Gasteiger partial charge is 0.407 e. The van der Waals surface area contributed by atoms with Crippen LogP contribution in [0.2, 0.25) is 0 Å². The molecule has 4 nitrogen and oxygen atoms in total. The van der Waals surface area contributed by atoms with Crippen LogP contribution in [0.15, 0.2) is 126 Å². The maximum Gasteiger partial charge on any atom is 0.407 e. The Kier molecular flexibility index (Phi) is 13.4. The molecule has 3 N–H and O–H groups in total. The van der Waals surface area contributed by atoms with Crippen molar-refractivity contribution in [2.24, 2.45) is 5.73 Å². The molecule has 0 bridgehead atoms. The summed E-state index contributed by atoms with van der Waals surface area (Å²) in [5, 5.41) is 2.81. The zero-order valence-electron chi connectivity index (χ0n) is 19.2. The average Bonchev–Trinajstić information content (AvgIpc) is 2.90. The van der Waals surface area contributed by atoms with Crippen LogP contribution in [0.1, 0.15) is 5.56 Å². The number of carbonyl (C=O) groups is 1. The SMILES string of the molecule is C=C[C@@H](N)CSc1ccccc1.C=C[C@H](CSc1ccccc1)NC(=O)OCc1ccccc1. The summed E-state index contributed by atoms with van der Waals surface area (Å²) in [5.41, 5.74) is 6.65. The molecular formula is C28H32N2O2S2. The van der Waals surface area contributed by atoms with Crippen molar-refractivity contribution in [3.63, 3.8) is 0 Å². The zero-order chi connectivity index (χ0) is 24.4. The molecule has 0 aliphatic rings. The minimum atomic E-state index is -0.428. The summed E-state index contributed by atoms with van der Waals surface area (Å²) in [5.74, 6) is 1.61. The van der Waals surface area contributed by atoms with E-state index >= 15 is 0 Å². The summed E-state index contributed by atoms with van der Waals surface area (Å²) in [4.78, 5) is 14.2. The molecule has 0 spiro atoms. The Hall–Kier alpha value is -2.93. The first-order valence-electron chi connectivity index (χ1n) is 10.9. The Morgan fingerprint density at radius 3 is 1.82 bits per heavy atom. The number of hydrogen-bond donors (Lipinski definition) is 2. The van der Waals surface area contributed by atoms with Gasteiger partial charge in [-0.15, -0.1) is 36.7 Å². The van der Waals surface area contributed by atoms with E-state index in [1.165, 1.54) is 4.90 Å². The van der Waals surface area contributed by atoms with E-state index in [0.29, 0.717) is 5.75 Å². The van der Waals surface area contributed by atoms with E-state index in [1.807, 2.05) is 78.9 Å². The third-order valence-electron chi connectivity index (χ3n) is 4.46. The number of amides is 1. The van der Waals surface area contributed by atoms with Gasteiger partial charge in [0.15, 0.2) is 0 Å². The van der Waals surface area contributed by atoms with E-state index in [0.717, 1.165) is 16.2 Å².